The number of aliphatic hydroxyl groups is 1. The number of fused-ring (bicyclic) bond motifs is 1. The van der Waals surface area contributed by atoms with Crippen molar-refractivity contribution in [3.8, 4) is 0 Å². The molecule has 0 bridgehead atoms. The van der Waals surface area contributed by atoms with E-state index < -0.39 is 102 Å². The number of amides is 8. The lowest BCUT2D eigenvalue weighted by Crippen LogP contribution is -2.66. The molecule has 0 radical (unpaired) electrons. The molecule has 5 rings (SSSR count). The van der Waals surface area contributed by atoms with E-state index in [1.807, 2.05) is 24.3 Å². The molecule has 3 heterocycles. The zero-order valence-corrected chi connectivity index (χ0v) is 43.8. The van der Waals surface area contributed by atoms with E-state index in [9.17, 15) is 38.7 Å². The fourth-order valence-electron chi connectivity index (χ4n) is 8.89. The van der Waals surface area contributed by atoms with Gasteiger partial charge in [-0.05, 0) is 75.5 Å². The highest BCUT2D eigenvalue weighted by Crippen LogP contribution is 2.21. The van der Waals surface area contributed by atoms with Crippen molar-refractivity contribution in [2.75, 3.05) is 19.6 Å². The standard InChI is InChI=1S/C51H74N18O9/c1-29(70)63-36(17-10-20-59-49(53)54)43(73)67-40-24-41(71)58-19-9-8-16-35(42(52)72)64-45(75)38(22-31-26-61-34-15-7-6-14-33(31)34)65-44(74)37(18-11-21-60-50(55)56)68-48(78)51(2,25-30-12-4-3-5-13-30)69-47(77)39(66-46(40)76)23-32-27-57-28-62-32/h3-7,12-15,26-28,35-40,47,61,69,77H,8-11,16-25H2,1-2H3,(H2,52,72)(H,57,62)(H,58,71)(H,63,70)(H,64,75)(H,65,74)(H,66,76)(H,67,73)(H,68,78)(H4,53,54,59)(H4,55,56,60)/t35-,36-,37-,38-,39-,40-,47?,51-/m0/s1. The monoisotopic (exact) mass is 1080 g/mol. The van der Waals surface area contributed by atoms with Crippen LogP contribution in [-0.2, 0) is 57.6 Å². The van der Waals surface area contributed by atoms with Crippen molar-refractivity contribution in [2.24, 2.45) is 38.7 Å². The molecule has 27 nitrogen and oxygen atoms in total. The Morgan fingerprint density at radius 2 is 1.51 bits per heavy atom. The Kier molecular flexibility index (Phi) is 22.9. The maximum atomic E-state index is 15.1. The number of aromatic amines is 2. The number of carbonyl (C=O) groups is 8. The highest BCUT2D eigenvalue weighted by atomic mass is 16.3. The van der Waals surface area contributed by atoms with Crippen LogP contribution in [0.4, 0.5) is 0 Å². The molecular weight excluding hydrogens is 1010 g/mol. The number of nitrogens with two attached hydrogens (primary N) is 5. The summed E-state index contributed by atoms with van der Waals surface area (Å²) in [5.74, 6) is -6.58. The van der Waals surface area contributed by atoms with Crippen LogP contribution >= 0.6 is 0 Å². The van der Waals surface area contributed by atoms with Gasteiger partial charge in [0, 0.05) is 68.4 Å². The molecule has 1 fully saturated rings. The van der Waals surface area contributed by atoms with Crippen molar-refractivity contribution >= 4 is 70.1 Å². The molecule has 2 aromatic carbocycles. The first kappa shape index (κ1) is 60.3. The van der Waals surface area contributed by atoms with E-state index in [1.165, 1.54) is 26.4 Å². The van der Waals surface area contributed by atoms with E-state index in [0.717, 1.165) is 10.9 Å². The molecule has 1 aliphatic heterocycles. The van der Waals surface area contributed by atoms with E-state index in [1.54, 1.807) is 36.5 Å². The highest BCUT2D eigenvalue weighted by Gasteiger charge is 2.41. The first-order chi connectivity index (χ1) is 37.2. The largest absolute Gasteiger partial charge is 0.376 e. The molecule has 8 atom stereocenters. The second-order valence-corrected chi connectivity index (χ2v) is 19.4. The van der Waals surface area contributed by atoms with Gasteiger partial charge in [-0.25, -0.2) is 4.98 Å². The van der Waals surface area contributed by atoms with Crippen molar-refractivity contribution in [2.45, 2.75) is 132 Å². The minimum atomic E-state index is -1.81. The van der Waals surface area contributed by atoms with Crippen LogP contribution in [-0.4, -0.2) is 147 Å². The van der Waals surface area contributed by atoms with Crippen LogP contribution in [0, 0.1) is 0 Å². The zero-order chi connectivity index (χ0) is 56.8. The molecule has 1 aliphatic rings. The SMILES string of the molecule is CC(=O)N[C@@H](CCCN=C(N)N)C(=O)N[C@H]1CC(=O)NCCCC[C@@H](C(N)=O)NC(=O)[C@H](Cc2c[nH]c3ccccc23)NC(=O)[C@H](CCCN=C(N)N)NC(=O)[C@](C)(Cc2ccccc2)NC(O)[C@H](Cc2cnc[nH]2)NC1=O. The van der Waals surface area contributed by atoms with Gasteiger partial charge >= 0.3 is 0 Å². The van der Waals surface area contributed by atoms with Crippen LogP contribution in [0.2, 0.25) is 0 Å². The smallest absolute Gasteiger partial charge is 0.243 e. The summed E-state index contributed by atoms with van der Waals surface area (Å²) in [5.41, 5.74) is 28.6. The number of hydrogen-bond donors (Lipinski definition) is 16. The van der Waals surface area contributed by atoms with E-state index in [4.69, 9.17) is 28.7 Å². The Morgan fingerprint density at radius 3 is 2.19 bits per heavy atom. The minimum Gasteiger partial charge on any atom is -0.376 e. The molecule has 4 aromatic rings. The molecule has 78 heavy (non-hydrogen) atoms. The van der Waals surface area contributed by atoms with Gasteiger partial charge in [0.2, 0.25) is 47.3 Å². The number of rotatable bonds is 18. The van der Waals surface area contributed by atoms with E-state index in [0.29, 0.717) is 16.8 Å². The lowest BCUT2D eigenvalue weighted by Gasteiger charge is -2.37. The number of aliphatic imine (C=N–C) groups is 2. The minimum absolute atomic E-state index is 0.0236. The number of aliphatic hydroxyl groups excluding tert-OH is 1. The number of H-pyrrole nitrogens is 2. The average molecular weight is 1080 g/mol. The summed E-state index contributed by atoms with van der Waals surface area (Å²) in [4.78, 5) is 130. The lowest BCUT2D eigenvalue weighted by molar-refractivity contribution is -0.136. The second kappa shape index (κ2) is 29.6. The first-order valence-corrected chi connectivity index (χ1v) is 25.7. The van der Waals surface area contributed by atoms with Gasteiger partial charge in [-0.15, -0.1) is 0 Å². The lowest BCUT2D eigenvalue weighted by atomic mass is 9.90. The average Bonchev–Trinajstić information content (AvgIpc) is 4.07. The number of carbonyl (C=O) groups excluding carboxylic acids is 8. The number of para-hydroxylation sites is 1. The van der Waals surface area contributed by atoms with Gasteiger partial charge in [0.05, 0.1) is 18.8 Å². The van der Waals surface area contributed by atoms with Crippen molar-refractivity contribution in [3.05, 3.63) is 90.1 Å². The van der Waals surface area contributed by atoms with Gasteiger partial charge < -0.3 is 81.0 Å². The van der Waals surface area contributed by atoms with Gasteiger partial charge in [-0.3, -0.25) is 53.7 Å². The quantitative estimate of drug-likeness (QED) is 0.0265. The number of guanidine groups is 2. The molecule has 27 heteroatoms. The van der Waals surface area contributed by atoms with E-state index in [-0.39, 0.29) is 95.8 Å². The number of primary amides is 1. The van der Waals surface area contributed by atoms with Crippen LogP contribution in [0.1, 0.15) is 82.0 Å². The van der Waals surface area contributed by atoms with Crippen LogP contribution in [0.25, 0.3) is 10.9 Å². The Bertz CT molecular complexity index is 2730. The molecule has 21 N–H and O–H groups in total. The van der Waals surface area contributed by atoms with Crippen molar-refractivity contribution in [1.29, 1.82) is 0 Å². The summed E-state index contributed by atoms with van der Waals surface area (Å²) >= 11 is 0. The first-order valence-electron chi connectivity index (χ1n) is 25.7. The summed E-state index contributed by atoms with van der Waals surface area (Å²) in [5, 5.41) is 35.1. The van der Waals surface area contributed by atoms with Gasteiger partial charge in [0.15, 0.2) is 11.9 Å². The van der Waals surface area contributed by atoms with Gasteiger partial charge in [0.1, 0.15) is 42.0 Å². The summed E-state index contributed by atoms with van der Waals surface area (Å²) in [6, 6.07) is 8.06. The van der Waals surface area contributed by atoms with Gasteiger partial charge in [0.25, 0.3) is 0 Å². The zero-order valence-electron chi connectivity index (χ0n) is 43.8. The number of aromatic nitrogens is 3. The van der Waals surface area contributed by atoms with Crippen LogP contribution in [0.15, 0.2) is 83.3 Å². The van der Waals surface area contributed by atoms with Crippen molar-refractivity contribution < 1.29 is 43.5 Å². The molecule has 1 unspecified atom stereocenters. The second-order valence-electron chi connectivity index (χ2n) is 19.4. The van der Waals surface area contributed by atoms with E-state index in [2.05, 4.69) is 67.5 Å². The summed E-state index contributed by atoms with van der Waals surface area (Å²) < 4.78 is 0. The van der Waals surface area contributed by atoms with E-state index >= 15 is 4.79 Å². The van der Waals surface area contributed by atoms with Crippen LogP contribution in [0.5, 0.6) is 0 Å². The highest BCUT2D eigenvalue weighted by molar-refractivity contribution is 5.97. The fourth-order valence-corrected chi connectivity index (χ4v) is 8.89. The third kappa shape index (κ3) is 19.2. The normalized spacial score (nSPS) is 22.7. The van der Waals surface area contributed by atoms with Crippen molar-refractivity contribution in [1.82, 2.24) is 57.5 Å². The number of benzene rings is 2. The maximum Gasteiger partial charge on any atom is 0.243 e. The topological polar surface area (TPSA) is 452 Å². The number of imidazole rings is 1. The summed E-state index contributed by atoms with van der Waals surface area (Å²) in [7, 11) is 0. The predicted molar refractivity (Wildman–Crippen MR) is 290 cm³/mol. The molecule has 0 aliphatic carbocycles. The molecule has 1 saturated heterocycles. The Morgan fingerprint density at radius 1 is 0.821 bits per heavy atom. The molecule has 0 spiro atoms. The summed E-state index contributed by atoms with van der Waals surface area (Å²) in [6.07, 6.45) is 2.73. The number of nitrogens with zero attached hydrogens (tertiary/aromatic N) is 3. The fraction of sp³-hybridized carbons (Fsp3) is 0.471. The molecule has 8 amide bonds. The Hall–Kier alpha value is -8.59. The maximum absolute atomic E-state index is 15.1. The molecule has 0 saturated carbocycles. The van der Waals surface area contributed by atoms with Gasteiger partial charge in [-0.2, -0.15) is 0 Å². The Labute approximate surface area is 450 Å². The number of nitrogens with one attached hydrogen (secondary N) is 10. The summed E-state index contributed by atoms with van der Waals surface area (Å²) in [6.45, 7) is 2.89. The predicted octanol–water partition coefficient (Wildman–Crippen LogP) is -3.20. The molecule has 2 aromatic heterocycles. The third-order valence-corrected chi connectivity index (χ3v) is 12.9. The van der Waals surface area contributed by atoms with Crippen molar-refractivity contribution in [3.63, 3.8) is 0 Å². The Balaban J connectivity index is 1.57. The molecule has 422 valence electrons. The van der Waals surface area contributed by atoms with Gasteiger partial charge in [-0.1, -0.05) is 48.5 Å². The van der Waals surface area contributed by atoms with Crippen LogP contribution in [0.3, 0.4) is 0 Å². The molecular formula is C51H74N18O9. The van der Waals surface area contributed by atoms with Crippen LogP contribution < -0.4 is 71.2 Å². The number of hydrogen-bond acceptors (Lipinski definition) is 13. The third-order valence-electron chi connectivity index (χ3n) is 12.9.